The monoisotopic (exact) mass is 233 g/mol. The van der Waals surface area contributed by atoms with E-state index in [1.165, 1.54) is 11.3 Å². The highest BCUT2D eigenvalue weighted by Crippen LogP contribution is 2.12. The van der Waals surface area contributed by atoms with E-state index < -0.39 is 0 Å². The first-order valence-electron chi connectivity index (χ1n) is 4.81. The molecule has 0 radical (unpaired) electrons. The molecule has 0 aromatic carbocycles. The van der Waals surface area contributed by atoms with Crippen molar-refractivity contribution in [2.75, 3.05) is 5.32 Å². The highest BCUT2D eigenvalue weighted by molar-refractivity contribution is 7.11. The van der Waals surface area contributed by atoms with Gasteiger partial charge in [0.05, 0.1) is 0 Å². The van der Waals surface area contributed by atoms with Crippen LogP contribution in [-0.2, 0) is 0 Å². The van der Waals surface area contributed by atoms with Crippen LogP contribution in [0.5, 0.6) is 0 Å². The quantitative estimate of drug-likeness (QED) is 0.866. The van der Waals surface area contributed by atoms with E-state index in [0.717, 1.165) is 17.1 Å². The summed E-state index contributed by atoms with van der Waals surface area (Å²) in [4.78, 5) is 19.9. The summed E-state index contributed by atoms with van der Waals surface area (Å²) in [6, 6.07) is 3.57. The van der Waals surface area contributed by atoms with E-state index in [1.54, 1.807) is 12.3 Å². The van der Waals surface area contributed by atoms with Crippen molar-refractivity contribution in [3.05, 3.63) is 40.1 Å². The second-order valence-electron chi connectivity index (χ2n) is 3.43. The van der Waals surface area contributed by atoms with Gasteiger partial charge in [0.2, 0.25) is 0 Å². The van der Waals surface area contributed by atoms with Crippen molar-refractivity contribution in [1.29, 1.82) is 0 Å². The molecule has 1 amide bonds. The number of thiazole rings is 1. The number of anilines is 1. The van der Waals surface area contributed by atoms with Gasteiger partial charge in [0, 0.05) is 28.7 Å². The van der Waals surface area contributed by atoms with Gasteiger partial charge in [-0.2, -0.15) is 0 Å². The van der Waals surface area contributed by atoms with Gasteiger partial charge in [0.1, 0.15) is 0 Å². The summed E-state index contributed by atoms with van der Waals surface area (Å²) in [6.07, 6.45) is 1.66. The Morgan fingerprint density at radius 1 is 1.38 bits per heavy atom. The van der Waals surface area contributed by atoms with Crippen LogP contribution in [-0.4, -0.2) is 15.9 Å². The van der Waals surface area contributed by atoms with Crippen LogP contribution >= 0.6 is 11.3 Å². The first-order valence-corrected chi connectivity index (χ1v) is 5.69. The Balaban J connectivity index is 2.13. The lowest BCUT2D eigenvalue weighted by Crippen LogP contribution is -2.11. The van der Waals surface area contributed by atoms with Gasteiger partial charge in [-0.15, -0.1) is 11.3 Å². The molecule has 0 saturated carbocycles. The molecule has 2 aromatic rings. The maximum absolute atomic E-state index is 11.8. The number of hydrogen-bond acceptors (Lipinski definition) is 4. The SMILES string of the molecule is Cc1cc(NC(=O)c2nc(C)cs2)ccn1. The van der Waals surface area contributed by atoms with E-state index in [2.05, 4.69) is 15.3 Å². The van der Waals surface area contributed by atoms with Gasteiger partial charge in [-0.1, -0.05) is 0 Å². The molecule has 16 heavy (non-hydrogen) atoms. The molecule has 0 atom stereocenters. The number of amides is 1. The van der Waals surface area contributed by atoms with E-state index in [4.69, 9.17) is 0 Å². The number of hydrogen-bond donors (Lipinski definition) is 1. The molecule has 0 unspecified atom stereocenters. The Morgan fingerprint density at radius 3 is 2.81 bits per heavy atom. The summed E-state index contributed by atoms with van der Waals surface area (Å²) in [5, 5.41) is 5.11. The second kappa shape index (κ2) is 4.40. The molecule has 0 saturated heterocycles. The second-order valence-corrected chi connectivity index (χ2v) is 4.29. The van der Waals surface area contributed by atoms with Crippen LogP contribution in [0, 0.1) is 13.8 Å². The van der Waals surface area contributed by atoms with Crippen LogP contribution in [0.1, 0.15) is 21.2 Å². The fourth-order valence-electron chi connectivity index (χ4n) is 1.27. The van der Waals surface area contributed by atoms with Gasteiger partial charge in [0.25, 0.3) is 5.91 Å². The smallest absolute Gasteiger partial charge is 0.284 e. The largest absolute Gasteiger partial charge is 0.320 e. The maximum Gasteiger partial charge on any atom is 0.284 e. The fraction of sp³-hybridized carbons (Fsp3) is 0.182. The number of aryl methyl sites for hydroxylation is 2. The zero-order chi connectivity index (χ0) is 11.5. The van der Waals surface area contributed by atoms with Crippen molar-refractivity contribution in [2.24, 2.45) is 0 Å². The fourth-order valence-corrected chi connectivity index (χ4v) is 1.96. The minimum Gasteiger partial charge on any atom is -0.320 e. The predicted octanol–water partition coefficient (Wildman–Crippen LogP) is 2.41. The van der Waals surface area contributed by atoms with Gasteiger partial charge in [-0.3, -0.25) is 9.78 Å². The maximum atomic E-state index is 11.8. The Labute approximate surface area is 97.4 Å². The summed E-state index contributed by atoms with van der Waals surface area (Å²) in [7, 11) is 0. The third-order valence-corrected chi connectivity index (χ3v) is 2.93. The third-order valence-electron chi connectivity index (χ3n) is 1.97. The van der Waals surface area contributed by atoms with Gasteiger partial charge < -0.3 is 5.32 Å². The lowest BCUT2D eigenvalue weighted by Gasteiger charge is -2.02. The molecule has 2 aromatic heterocycles. The molecule has 4 nitrogen and oxygen atoms in total. The lowest BCUT2D eigenvalue weighted by molar-refractivity contribution is 0.102. The number of nitrogens with one attached hydrogen (secondary N) is 1. The van der Waals surface area contributed by atoms with Gasteiger partial charge in [-0.05, 0) is 26.0 Å². The van der Waals surface area contributed by atoms with Crippen LogP contribution in [0.3, 0.4) is 0 Å². The number of nitrogens with zero attached hydrogens (tertiary/aromatic N) is 2. The molecule has 82 valence electrons. The Bertz CT molecular complexity index is 521. The molecule has 1 N–H and O–H groups in total. The van der Waals surface area contributed by atoms with Gasteiger partial charge >= 0.3 is 0 Å². The third kappa shape index (κ3) is 2.43. The van der Waals surface area contributed by atoms with Crippen LogP contribution in [0.4, 0.5) is 5.69 Å². The summed E-state index contributed by atoms with van der Waals surface area (Å²) < 4.78 is 0. The number of rotatable bonds is 2. The highest BCUT2D eigenvalue weighted by Gasteiger charge is 2.09. The highest BCUT2D eigenvalue weighted by atomic mass is 32.1. The molecule has 5 heteroatoms. The average Bonchev–Trinajstić information content (AvgIpc) is 2.65. The summed E-state index contributed by atoms with van der Waals surface area (Å²) in [5.41, 5.74) is 2.47. The molecule has 0 bridgehead atoms. The minimum absolute atomic E-state index is 0.177. The van der Waals surface area contributed by atoms with Crippen molar-refractivity contribution < 1.29 is 4.79 Å². The van der Waals surface area contributed by atoms with E-state index in [-0.39, 0.29) is 5.91 Å². The van der Waals surface area contributed by atoms with Crippen molar-refractivity contribution in [2.45, 2.75) is 13.8 Å². The van der Waals surface area contributed by atoms with E-state index in [9.17, 15) is 4.79 Å². The number of carbonyl (C=O) groups excluding carboxylic acids is 1. The molecule has 0 aliphatic carbocycles. The number of pyridine rings is 1. The molecular formula is C11H11N3OS. The predicted molar refractivity (Wildman–Crippen MR) is 63.8 cm³/mol. The van der Waals surface area contributed by atoms with E-state index in [0.29, 0.717) is 5.01 Å². The van der Waals surface area contributed by atoms with Crippen molar-refractivity contribution in [3.8, 4) is 0 Å². The summed E-state index contributed by atoms with van der Waals surface area (Å²) >= 11 is 1.34. The lowest BCUT2D eigenvalue weighted by atomic mass is 10.3. The Morgan fingerprint density at radius 2 is 2.19 bits per heavy atom. The van der Waals surface area contributed by atoms with Gasteiger partial charge in [-0.25, -0.2) is 4.98 Å². The molecule has 0 spiro atoms. The molecule has 2 rings (SSSR count). The van der Waals surface area contributed by atoms with Crippen molar-refractivity contribution in [3.63, 3.8) is 0 Å². The average molecular weight is 233 g/mol. The Kier molecular flexibility index (Phi) is 2.96. The Hall–Kier alpha value is -1.75. The minimum atomic E-state index is -0.177. The van der Waals surface area contributed by atoms with E-state index in [1.807, 2.05) is 25.3 Å². The standard InChI is InChI=1S/C11H11N3OS/c1-7-5-9(3-4-12-7)14-10(15)11-13-8(2)6-16-11/h3-6H,1-2H3,(H,12,14,15). The van der Waals surface area contributed by atoms with Crippen LogP contribution in [0.25, 0.3) is 0 Å². The number of aromatic nitrogens is 2. The van der Waals surface area contributed by atoms with Crippen LogP contribution in [0.15, 0.2) is 23.7 Å². The van der Waals surface area contributed by atoms with Crippen molar-refractivity contribution in [1.82, 2.24) is 9.97 Å². The molecule has 0 fully saturated rings. The molecule has 0 aliphatic rings. The van der Waals surface area contributed by atoms with Crippen molar-refractivity contribution >= 4 is 22.9 Å². The molecule has 2 heterocycles. The zero-order valence-corrected chi connectivity index (χ0v) is 9.84. The normalized spacial score (nSPS) is 10.1. The van der Waals surface area contributed by atoms with E-state index >= 15 is 0 Å². The first-order chi connectivity index (χ1) is 7.65. The zero-order valence-electron chi connectivity index (χ0n) is 9.02. The molecular weight excluding hydrogens is 222 g/mol. The first kappa shape index (κ1) is 10.8. The summed E-state index contributed by atoms with van der Waals surface area (Å²) in [5.74, 6) is -0.177. The molecule has 0 aliphatic heterocycles. The van der Waals surface area contributed by atoms with Crippen LogP contribution < -0.4 is 5.32 Å². The topological polar surface area (TPSA) is 54.9 Å². The number of carbonyl (C=O) groups is 1. The van der Waals surface area contributed by atoms with Gasteiger partial charge in [0.15, 0.2) is 5.01 Å². The van der Waals surface area contributed by atoms with Crippen LogP contribution in [0.2, 0.25) is 0 Å². The summed E-state index contributed by atoms with van der Waals surface area (Å²) in [6.45, 7) is 3.74.